The standard InChI is InChI=1S/C10H19N3O2/c1-11-5-4-9(14)12-8-10(15)13-6-2-3-7-13/h11H,2-8H2,1H3,(H,12,14). The van der Waals surface area contributed by atoms with Crippen molar-refractivity contribution >= 4 is 11.8 Å². The number of nitrogens with one attached hydrogen (secondary N) is 2. The molecule has 0 aliphatic carbocycles. The first-order valence-corrected chi connectivity index (χ1v) is 5.43. The van der Waals surface area contributed by atoms with Crippen molar-refractivity contribution in [2.75, 3.05) is 33.2 Å². The molecular weight excluding hydrogens is 194 g/mol. The first-order chi connectivity index (χ1) is 7.24. The van der Waals surface area contributed by atoms with Crippen LogP contribution in [0.2, 0.25) is 0 Å². The summed E-state index contributed by atoms with van der Waals surface area (Å²) in [5.41, 5.74) is 0. The highest BCUT2D eigenvalue weighted by atomic mass is 16.2. The van der Waals surface area contributed by atoms with E-state index in [9.17, 15) is 9.59 Å². The van der Waals surface area contributed by atoms with E-state index in [1.807, 2.05) is 0 Å². The molecule has 0 unspecified atom stereocenters. The Morgan fingerprint density at radius 3 is 2.53 bits per heavy atom. The van der Waals surface area contributed by atoms with E-state index >= 15 is 0 Å². The van der Waals surface area contributed by atoms with Crippen LogP contribution in [0.25, 0.3) is 0 Å². The van der Waals surface area contributed by atoms with Crippen molar-refractivity contribution in [2.45, 2.75) is 19.3 Å². The lowest BCUT2D eigenvalue weighted by Gasteiger charge is -2.15. The van der Waals surface area contributed by atoms with Crippen LogP contribution in [0.5, 0.6) is 0 Å². The van der Waals surface area contributed by atoms with Crippen LogP contribution in [0.15, 0.2) is 0 Å². The quantitative estimate of drug-likeness (QED) is 0.637. The third-order valence-electron chi connectivity index (χ3n) is 2.50. The Hall–Kier alpha value is -1.10. The predicted molar refractivity (Wildman–Crippen MR) is 57.4 cm³/mol. The van der Waals surface area contributed by atoms with E-state index in [4.69, 9.17) is 0 Å². The first-order valence-electron chi connectivity index (χ1n) is 5.43. The molecular formula is C10H19N3O2. The molecule has 15 heavy (non-hydrogen) atoms. The largest absolute Gasteiger partial charge is 0.347 e. The van der Waals surface area contributed by atoms with Gasteiger partial charge in [0.15, 0.2) is 0 Å². The summed E-state index contributed by atoms with van der Waals surface area (Å²) in [5, 5.41) is 5.51. The molecule has 86 valence electrons. The number of nitrogens with zero attached hydrogens (tertiary/aromatic N) is 1. The molecule has 1 rings (SSSR count). The molecule has 1 aliphatic heterocycles. The fourth-order valence-electron chi connectivity index (χ4n) is 1.58. The minimum Gasteiger partial charge on any atom is -0.347 e. The van der Waals surface area contributed by atoms with Crippen LogP contribution in [0.4, 0.5) is 0 Å². The zero-order valence-corrected chi connectivity index (χ0v) is 9.21. The highest BCUT2D eigenvalue weighted by Crippen LogP contribution is 2.06. The Morgan fingerprint density at radius 2 is 1.93 bits per heavy atom. The van der Waals surface area contributed by atoms with Gasteiger partial charge in [0.25, 0.3) is 0 Å². The van der Waals surface area contributed by atoms with E-state index in [1.165, 1.54) is 0 Å². The van der Waals surface area contributed by atoms with Crippen LogP contribution in [0, 0.1) is 0 Å². The maximum atomic E-state index is 11.5. The van der Waals surface area contributed by atoms with Gasteiger partial charge in [-0.25, -0.2) is 0 Å². The molecule has 5 nitrogen and oxygen atoms in total. The average molecular weight is 213 g/mol. The molecule has 0 atom stereocenters. The lowest BCUT2D eigenvalue weighted by molar-refractivity contribution is -0.132. The summed E-state index contributed by atoms with van der Waals surface area (Å²) in [4.78, 5) is 24.5. The number of likely N-dealkylation sites (tertiary alicyclic amines) is 1. The topological polar surface area (TPSA) is 61.4 Å². The molecule has 5 heteroatoms. The molecule has 0 spiro atoms. The van der Waals surface area contributed by atoms with Crippen molar-refractivity contribution in [1.82, 2.24) is 15.5 Å². The zero-order valence-electron chi connectivity index (χ0n) is 9.21. The molecule has 0 bridgehead atoms. The SMILES string of the molecule is CNCCC(=O)NCC(=O)N1CCCC1. The van der Waals surface area contributed by atoms with Gasteiger partial charge in [0.05, 0.1) is 6.54 Å². The van der Waals surface area contributed by atoms with E-state index in [1.54, 1.807) is 11.9 Å². The molecule has 0 aromatic heterocycles. The lowest BCUT2D eigenvalue weighted by atomic mass is 10.4. The van der Waals surface area contributed by atoms with Crippen molar-refractivity contribution in [1.29, 1.82) is 0 Å². The van der Waals surface area contributed by atoms with E-state index in [0.29, 0.717) is 13.0 Å². The van der Waals surface area contributed by atoms with Crippen molar-refractivity contribution in [3.63, 3.8) is 0 Å². The number of amides is 2. The molecule has 2 N–H and O–H groups in total. The van der Waals surface area contributed by atoms with E-state index in [-0.39, 0.29) is 18.4 Å². The van der Waals surface area contributed by atoms with Crippen molar-refractivity contribution in [3.05, 3.63) is 0 Å². The Bertz CT molecular complexity index is 225. The molecule has 0 aromatic carbocycles. The number of hydrogen-bond donors (Lipinski definition) is 2. The fourth-order valence-corrected chi connectivity index (χ4v) is 1.58. The average Bonchev–Trinajstić information content (AvgIpc) is 2.76. The normalized spacial score (nSPS) is 15.4. The van der Waals surface area contributed by atoms with Crippen LogP contribution >= 0.6 is 0 Å². The van der Waals surface area contributed by atoms with Gasteiger partial charge >= 0.3 is 0 Å². The Morgan fingerprint density at radius 1 is 1.27 bits per heavy atom. The van der Waals surface area contributed by atoms with Crippen LogP contribution in [0.1, 0.15) is 19.3 Å². The summed E-state index contributed by atoms with van der Waals surface area (Å²) in [6, 6.07) is 0. The van der Waals surface area contributed by atoms with E-state index < -0.39 is 0 Å². The van der Waals surface area contributed by atoms with Gasteiger partial charge in [-0.1, -0.05) is 0 Å². The van der Waals surface area contributed by atoms with Crippen molar-refractivity contribution in [2.24, 2.45) is 0 Å². The molecule has 0 saturated carbocycles. The summed E-state index contributed by atoms with van der Waals surface area (Å²) >= 11 is 0. The third-order valence-corrected chi connectivity index (χ3v) is 2.50. The van der Waals surface area contributed by atoms with Crippen LogP contribution in [-0.2, 0) is 9.59 Å². The van der Waals surface area contributed by atoms with Gasteiger partial charge in [-0.15, -0.1) is 0 Å². The van der Waals surface area contributed by atoms with Gasteiger partial charge in [0.2, 0.25) is 11.8 Å². The van der Waals surface area contributed by atoms with Gasteiger partial charge in [0, 0.05) is 26.1 Å². The smallest absolute Gasteiger partial charge is 0.241 e. The maximum absolute atomic E-state index is 11.5. The fraction of sp³-hybridized carbons (Fsp3) is 0.800. The second-order valence-electron chi connectivity index (χ2n) is 3.72. The van der Waals surface area contributed by atoms with Crippen molar-refractivity contribution in [3.8, 4) is 0 Å². The van der Waals surface area contributed by atoms with Crippen molar-refractivity contribution < 1.29 is 9.59 Å². The summed E-state index contributed by atoms with van der Waals surface area (Å²) < 4.78 is 0. The molecule has 1 heterocycles. The van der Waals surface area contributed by atoms with Crippen LogP contribution in [0.3, 0.4) is 0 Å². The second kappa shape index (κ2) is 6.40. The molecule has 0 radical (unpaired) electrons. The van der Waals surface area contributed by atoms with Gasteiger partial charge < -0.3 is 15.5 Å². The summed E-state index contributed by atoms with van der Waals surface area (Å²) in [5.74, 6) is -0.0396. The first kappa shape index (κ1) is 12.0. The number of rotatable bonds is 5. The van der Waals surface area contributed by atoms with E-state index in [2.05, 4.69) is 10.6 Å². The molecule has 0 aromatic rings. The number of carbonyl (C=O) groups is 2. The van der Waals surface area contributed by atoms with Gasteiger partial charge in [-0.05, 0) is 19.9 Å². The van der Waals surface area contributed by atoms with Crippen LogP contribution in [-0.4, -0.2) is 49.9 Å². The second-order valence-corrected chi connectivity index (χ2v) is 3.72. The van der Waals surface area contributed by atoms with E-state index in [0.717, 1.165) is 25.9 Å². The molecule has 1 fully saturated rings. The predicted octanol–water partition coefficient (Wildman–Crippen LogP) is -0.665. The monoisotopic (exact) mass is 213 g/mol. The molecule has 2 amide bonds. The summed E-state index contributed by atoms with van der Waals surface area (Å²) in [6.07, 6.45) is 2.59. The minimum atomic E-state index is -0.0723. The Labute approximate surface area is 90.2 Å². The number of hydrogen-bond acceptors (Lipinski definition) is 3. The highest BCUT2D eigenvalue weighted by molar-refractivity contribution is 5.84. The lowest BCUT2D eigenvalue weighted by Crippen LogP contribution is -2.39. The highest BCUT2D eigenvalue weighted by Gasteiger charge is 2.17. The number of carbonyl (C=O) groups excluding carboxylic acids is 2. The zero-order chi connectivity index (χ0) is 11.1. The maximum Gasteiger partial charge on any atom is 0.241 e. The van der Waals surface area contributed by atoms with Crippen LogP contribution < -0.4 is 10.6 Å². The third kappa shape index (κ3) is 4.29. The Balaban J connectivity index is 2.12. The Kier molecular flexibility index (Phi) is 5.10. The summed E-state index contributed by atoms with van der Waals surface area (Å²) in [6.45, 7) is 2.46. The summed E-state index contributed by atoms with van der Waals surface area (Å²) in [7, 11) is 1.79. The molecule has 1 saturated heterocycles. The minimum absolute atomic E-state index is 0.0327. The van der Waals surface area contributed by atoms with Gasteiger partial charge in [-0.2, -0.15) is 0 Å². The van der Waals surface area contributed by atoms with Gasteiger partial charge in [0.1, 0.15) is 0 Å². The van der Waals surface area contributed by atoms with Gasteiger partial charge in [-0.3, -0.25) is 9.59 Å². The molecule has 1 aliphatic rings.